The highest BCUT2D eigenvalue weighted by Crippen LogP contribution is 2.36. The molecule has 34 heavy (non-hydrogen) atoms. The summed E-state index contributed by atoms with van der Waals surface area (Å²) in [4.78, 5) is 5.48. The average molecular weight is 499 g/mol. The average Bonchev–Trinajstić information content (AvgIpc) is 3.36. The van der Waals surface area contributed by atoms with Gasteiger partial charge in [-0.25, -0.2) is 4.31 Å². The lowest BCUT2D eigenvalue weighted by atomic mass is 10.2. The molecule has 1 aromatic heterocycles. The molecule has 9 heteroatoms. The second-order valence-electron chi connectivity index (χ2n) is 7.55. The van der Waals surface area contributed by atoms with E-state index in [9.17, 15) is 0 Å². The second kappa shape index (κ2) is 13.5. The Morgan fingerprint density at radius 3 is 2.76 bits per heavy atom. The summed E-state index contributed by atoms with van der Waals surface area (Å²) in [6.07, 6.45) is 7.13. The van der Waals surface area contributed by atoms with E-state index >= 15 is 0 Å². The zero-order valence-corrected chi connectivity index (χ0v) is 20.7. The number of aromatic amines is 1. The topological polar surface area (TPSA) is 70.8 Å². The number of aromatic nitrogens is 1. The van der Waals surface area contributed by atoms with Crippen LogP contribution in [0, 0.1) is 12.3 Å². The number of benzene rings is 2. The van der Waals surface area contributed by atoms with Crippen molar-refractivity contribution >= 4 is 40.5 Å². The fourth-order valence-electron chi connectivity index (χ4n) is 3.46. The van der Waals surface area contributed by atoms with Gasteiger partial charge in [-0.2, -0.15) is 0 Å². The highest BCUT2D eigenvalue weighted by atomic mass is 32.2. The lowest BCUT2D eigenvalue weighted by Crippen LogP contribution is -2.39. The van der Waals surface area contributed by atoms with Gasteiger partial charge in [0.2, 0.25) is 0 Å². The van der Waals surface area contributed by atoms with Gasteiger partial charge in [-0.1, -0.05) is 18.1 Å². The molecule has 2 aromatic carbocycles. The van der Waals surface area contributed by atoms with Crippen molar-refractivity contribution in [1.82, 2.24) is 14.6 Å². The summed E-state index contributed by atoms with van der Waals surface area (Å²) in [6.45, 7) is 6.25. The molecule has 0 spiro atoms. The van der Waals surface area contributed by atoms with Gasteiger partial charge < -0.3 is 29.2 Å². The molecule has 180 valence electrons. The van der Waals surface area contributed by atoms with Crippen molar-refractivity contribution in [3.8, 4) is 18.1 Å². The van der Waals surface area contributed by atoms with Crippen LogP contribution in [0.5, 0.6) is 5.75 Å². The standard InChI is InChI=1S/C25H30N4O3S2/c1-2-14-30-15-16-31-17-18-32-23-19-21(6-7-24(23)34-29-12-10-26-11-13-29)33-28-22-5-3-4-20-8-9-27-25(20)22/h1,3-9,19,26-28H,10-18H2. The molecule has 1 aliphatic heterocycles. The number of hydrogen-bond donors (Lipinski definition) is 3. The molecule has 4 rings (SSSR count). The lowest BCUT2D eigenvalue weighted by Gasteiger charge is -2.26. The third kappa shape index (κ3) is 7.34. The molecule has 1 fully saturated rings. The molecule has 0 unspecified atom stereocenters. The van der Waals surface area contributed by atoms with Crippen LogP contribution >= 0.6 is 23.9 Å². The molecular weight excluding hydrogens is 468 g/mol. The second-order valence-corrected chi connectivity index (χ2v) is 9.57. The van der Waals surface area contributed by atoms with Crippen molar-refractivity contribution in [2.24, 2.45) is 0 Å². The Balaban J connectivity index is 1.36. The minimum Gasteiger partial charge on any atom is -0.490 e. The zero-order valence-electron chi connectivity index (χ0n) is 19.0. The molecular formula is C25H30N4O3S2. The zero-order chi connectivity index (χ0) is 23.4. The van der Waals surface area contributed by atoms with Gasteiger partial charge in [0, 0.05) is 42.7 Å². The maximum Gasteiger partial charge on any atom is 0.135 e. The summed E-state index contributed by atoms with van der Waals surface area (Å²) in [6, 6.07) is 14.6. The maximum atomic E-state index is 6.15. The molecule has 0 saturated carbocycles. The van der Waals surface area contributed by atoms with Gasteiger partial charge in [-0.05, 0) is 54.2 Å². The van der Waals surface area contributed by atoms with Gasteiger partial charge >= 0.3 is 0 Å². The van der Waals surface area contributed by atoms with Crippen molar-refractivity contribution in [2.75, 3.05) is 63.9 Å². The minimum atomic E-state index is 0.309. The highest BCUT2D eigenvalue weighted by molar-refractivity contribution is 8.00. The summed E-state index contributed by atoms with van der Waals surface area (Å²) >= 11 is 3.32. The Morgan fingerprint density at radius 2 is 1.88 bits per heavy atom. The van der Waals surface area contributed by atoms with Crippen LogP contribution in [-0.2, 0) is 9.47 Å². The number of H-pyrrole nitrogens is 1. The van der Waals surface area contributed by atoms with E-state index in [1.54, 1.807) is 23.9 Å². The predicted molar refractivity (Wildman–Crippen MR) is 140 cm³/mol. The predicted octanol–water partition coefficient (Wildman–Crippen LogP) is 4.24. The Hall–Kier alpha value is -2.32. The molecule has 2 heterocycles. The summed E-state index contributed by atoms with van der Waals surface area (Å²) in [5, 5.41) is 4.58. The molecule has 0 radical (unpaired) electrons. The van der Waals surface area contributed by atoms with Crippen LogP contribution in [0.15, 0.2) is 58.5 Å². The molecule has 0 atom stereocenters. The number of fused-ring (bicyclic) bond motifs is 1. The quantitative estimate of drug-likeness (QED) is 0.184. The Bertz CT molecular complexity index is 1080. The van der Waals surface area contributed by atoms with Crippen LogP contribution in [-0.4, -0.2) is 68.5 Å². The van der Waals surface area contributed by atoms with Crippen molar-refractivity contribution in [3.63, 3.8) is 0 Å². The number of hydrogen-bond acceptors (Lipinski definition) is 8. The van der Waals surface area contributed by atoms with Gasteiger partial charge in [0.05, 0.1) is 35.9 Å². The van der Waals surface area contributed by atoms with E-state index in [0.29, 0.717) is 33.0 Å². The number of nitrogens with zero attached hydrogens (tertiary/aromatic N) is 1. The SMILES string of the molecule is C#CCOCCOCCOc1cc(SNc2cccc3cc[nH]c23)ccc1SN1CCNCC1. The van der Waals surface area contributed by atoms with Gasteiger partial charge in [-0.3, -0.25) is 0 Å². The van der Waals surface area contributed by atoms with E-state index in [1.807, 2.05) is 6.20 Å². The number of para-hydroxylation sites is 1. The molecule has 1 saturated heterocycles. The molecule has 7 nitrogen and oxygen atoms in total. The molecule has 0 aliphatic carbocycles. The van der Waals surface area contributed by atoms with E-state index in [-0.39, 0.29) is 0 Å². The monoisotopic (exact) mass is 498 g/mol. The molecule has 0 amide bonds. The summed E-state index contributed by atoms with van der Waals surface area (Å²) in [5.41, 5.74) is 2.15. The number of piperazine rings is 1. The molecule has 0 bridgehead atoms. The molecule has 3 aromatic rings. The highest BCUT2D eigenvalue weighted by Gasteiger charge is 2.15. The van der Waals surface area contributed by atoms with E-state index in [1.165, 1.54) is 5.39 Å². The van der Waals surface area contributed by atoms with Crippen LogP contribution in [0.4, 0.5) is 5.69 Å². The van der Waals surface area contributed by atoms with E-state index in [0.717, 1.165) is 52.9 Å². The van der Waals surface area contributed by atoms with Crippen LogP contribution in [0.3, 0.4) is 0 Å². The van der Waals surface area contributed by atoms with Gasteiger partial charge in [0.15, 0.2) is 0 Å². The summed E-state index contributed by atoms with van der Waals surface area (Å²) in [5.74, 6) is 3.30. The van der Waals surface area contributed by atoms with Crippen molar-refractivity contribution in [1.29, 1.82) is 0 Å². The van der Waals surface area contributed by atoms with Crippen LogP contribution in [0.2, 0.25) is 0 Å². The van der Waals surface area contributed by atoms with Gasteiger partial charge in [-0.15, -0.1) is 6.42 Å². The first-order chi connectivity index (χ1) is 16.8. The summed E-state index contributed by atoms with van der Waals surface area (Å²) < 4.78 is 22.8. The van der Waals surface area contributed by atoms with Crippen molar-refractivity contribution < 1.29 is 14.2 Å². The molecule has 1 aliphatic rings. The smallest absolute Gasteiger partial charge is 0.135 e. The number of nitrogens with one attached hydrogen (secondary N) is 3. The van der Waals surface area contributed by atoms with Gasteiger partial charge in [0.1, 0.15) is 19.0 Å². The minimum absolute atomic E-state index is 0.309. The maximum absolute atomic E-state index is 6.15. The third-order valence-corrected chi connectivity index (χ3v) is 7.10. The number of anilines is 1. The first-order valence-corrected chi connectivity index (χ1v) is 12.9. The first kappa shape index (κ1) is 24.8. The number of rotatable bonds is 13. The molecule has 3 N–H and O–H groups in total. The van der Waals surface area contributed by atoms with Crippen LogP contribution in [0.25, 0.3) is 10.9 Å². The fourth-order valence-corrected chi connectivity index (χ4v) is 5.14. The van der Waals surface area contributed by atoms with Crippen LogP contribution in [0.1, 0.15) is 0 Å². The largest absolute Gasteiger partial charge is 0.490 e. The third-order valence-electron chi connectivity index (χ3n) is 5.13. The van der Waals surface area contributed by atoms with Crippen molar-refractivity contribution in [3.05, 3.63) is 48.7 Å². The lowest BCUT2D eigenvalue weighted by molar-refractivity contribution is 0.0458. The van der Waals surface area contributed by atoms with E-state index in [4.69, 9.17) is 20.6 Å². The van der Waals surface area contributed by atoms with Crippen LogP contribution < -0.4 is 14.8 Å². The van der Waals surface area contributed by atoms with E-state index in [2.05, 4.69) is 67.7 Å². The number of ether oxygens (including phenoxy) is 3. The Kier molecular flexibility index (Phi) is 9.87. The fraction of sp³-hybridized carbons (Fsp3) is 0.360. The Labute approximate surface area is 209 Å². The Morgan fingerprint density at radius 1 is 1.03 bits per heavy atom. The number of terminal acetylenes is 1. The normalized spacial score (nSPS) is 14.2. The van der Waals surface area contributed by atoms with E-state index < -0.39 is 0 Å². The van der Waals surface area contributed by atoms with Gasteiger partial charge in [0.25, 0.3) is 0 Å². The first-order valence-electron chi connectivity index (χ1n) is 11.3. The summed E-state index contributed by atoms with van der Waals surface area (Å²) in [7, 11) is 0. The van der Waals surface area contributed by atoms with Crippen molar-refractivity contribution in [2.45, 2.75) is 9.79 Å².